The second kappa shape index (κ2) is 27.0. The molecule has 1 atom stereocenters. The second-order valence-electron chi connectivity index (χ2n) is 12.1. The summed E-state index contributed by atoms with van der Waals surface area (Å²) in [5, 5.41) is 8.47. The van der Waals surface area contributed by atoms with Crippen LogP contribution in [-0.4, -0.2) is 54.7 Å². The Morgan fingerprint density at radius 1 is 0.558 bits per heavy atom. The van der Waals surface area contributed by atoms with Crippen molar-refractivity contribution in [3.63, 3.8) is 0 Å². The predicted molar refractivity (Wildman–Crippen MR) is 171 cm³/mol. The van der Waals surface area contributed by atoms with Gasteiger partial charge >= 0.3 is 0 Å². The molecular formula is C34H61N3O6. The predicted octanol–water partition coefficient (Wildman–Crippen LogP) is 5.91. The van der Waals surface area contributed by atoms with Gasteiger partial charge < -0.3 is 16.0 Å². The molecule has 248 valence electrons. The average Bonchev–Trinajstić information content (AvgIpc) is 2.97. The average molecular weight is 608 g/mol. The van der Waals surface area contributed by atoms with Gasteiger partial charge in [-0.15, -0.1) is 0 Å². The lowest BCUT2D eigenvalue weighted by atomic mass is 9.92. The fourth-order valence-corrected chi connectivity index (χ4v) is 4.96. The summed E-state index contributed by atoms with van der Waals surface area (Å²) in [6, 6.07) is 0.145. The molecule has 0 unspecified atom stereocenters. The molecule has 0 saturated carbocycles. The van der Waals surface area contributed by atoms with Crippen LogP contribution in [0, 0.1) is 5.92 Å². The fraction of sp³-hybridized carbons (Fsp3) is 0.824. The maximum Gasteiger partial charge on any atom is 0.223 e. The molecule has 3 amide bonds. The standard InChI is InChI=1S/C34H61N3O6/c1-5-29(38)19-13-9-17-25-36-34(43)28(18-10-8-12-20-30(39)21-15-16-23-32(41)35-4)26-31(40)22-11-6-7-14-24-33(42)37-27(2)3/h27-28H,5-26H2,1-4H3,(H,35,41)(H,36,43)(H,37,42)/t28-/m1/s1. The number of carbonyl (C=O) groups is 6. The third kappa shape index (κ3) is 25.6. The van der Waals surface area contributed by atoms with Gasteiger partial charge in [-0.25, -0.2) is 0 Å². The quantitative estimate of drug-likeness (QED) is 0.0904. The van der Waals surface area contributed by atoms with Gasteiger partial charge in [-0.3, -0.25) is 28.8 Å². The van der Waals surface area contributed by atoms with Gasteiger partial charge in [0.25, 0.3) is 0 Å². The Balaban J connectivity index is 4.48. The number of hydrogen-bond donors (Lipinski definition) is 3. The second-order valence-corrected chi connectivity index (χ2v) is 12.1. The van der Waals surface area contributed by atoms with Crippen molar-refractivity contribution in [3.05, 3.63) is 0 Å². The third-order valence-corrected chi connectivity index (χ3v) is 7.63. The number of unbranched alkanes of at least 4 members (excludes halogenated alkanes) is 8. The minimum absolute atomic E-state index is 0.00374. The lowest BCUT2D eigenvalue weighted by Crippen LogP contribution is -2.33. The highest BCUT2D eigenvalue weighted by atomic mass is 16.2. The van der Waals surface area contributed by atoms with Crippen molar-refractivity contribution in [1.82, 2.24) is 16.0 Å². The van der Waals surface area contributed by atoms with Gasteiger partial charge in [0.05, 0.1) is 0 Å². The van der Waals surface area contributed by atoms with Gasteiger partial charge in [-0.2, -0.15) is 0 Å². The van der Waals surface area contributed by atoms with E-state index in [1.807, 2.05) is 20.8 Å². The van der Waals surface area contributed by atoms with E-state index in [1.165, 1.54) is 0 Å². The molecule has 43 heavy (non-hydrogen) atoms. The summed E-state index contributed by atoms with van der Waals surface area (Å²) in [7, 11) is 1.61. The Morgan fingerprint density at radius 3 is 1.65 bits per heavy atom. The monoisotopic (exact) mass is 607 g/mol. The molecule has 9 heteroatoms. The summed E-state index contributed by atoms with van der Waals surface area (Å²) < 4.78 is 0. The van der Waals surface area contributed by atoms with E-state index in [9.17, 15) is 28.8 Å². The molecule has 0 saturated heterocycles. The molecule has 0 fully saturated rings. The molecule has 0 aliphatic carbocycles. The van der Waals surface area contributed by atoms with Gasteiger partial charge in [0, 0.05) is 76.9 Å². The van der Waals surface area contributed by atoms with Crippen molar-refractivity contribution >= 4 is 35.1 Å². The molecule has 0 spiro atoms. The number of hydrogen-bond acceptors (Lipinski definition) is 6. The topological polar surface area (TPSA) is 139 Å². The van der Waals surface area contributed by atoms with E-state index in [4.69, 9.17) is 0 Å². The van der Waals surface area contributed by atoms with E-state index in [-0.39, 0.29) is 53.5 Å². The van der Waals surface area contributed by atoms with Crippen LogP contribution in [0.5, 0.6) is 0 Å². The molecule has 0 bridgehead atoms. The summed E-state index contributed by atoms with van der Waals surface area (Å²) in [6.07, 6.45) is 14.1. The third-order valence-electron chi connectivity index (χ3n) is 7.63. The molecule has 0 aromatic carbocycles. The van der Waals surface area contributed by atoms with Crippen LogP contribution in [0.2, 0.25) is 0 Å². The first-order valence-electron chi connectivity index (χ1n) is 16.9. The molecule has 0 rings (SSSR count). The van der Waals surface area contributed by atoms with Gasteiger partial charge in [-0.1, -0.05) is 39.0 Å². The Kier molecular flexibility index (Phi) is 25.4. The molecule has 9 nitrogen and oxygen atoms in total. The number of nitrogens with one attached hydrogen (secondary N) is 3. The summed E-state index contributed by atoms with van der Waals surface area (Å²) >= 11 is 0. The smallest absolute Gasteiger partial charge is 0.223 e. The van der Waals surface area contributed by atoms with Crippen molar-refractivity contribution in [2.45, 2.75) is 162 Å². The van der Waals surface area contributed by atoms with E-state index in [0.717, 1.165) is 70.6 Å². The normalized spacial score (nSPS) is 11.7. The number of Topliss-reactive ketones (excluding diaryl/α,β-unsaturated/α-hetero) is 3. The van der Waals surface area contributed by atoms with Crippen LogP contribution in [0.3, 0.4) is 0 Å². The summed E-state index contributed by atoms with van der Waals surface area (Å²) in [4.78, 5) is 72.3. The van der Waals surface area contributed by atoms with Gasteiger partial charge in [0.1, 0.15) is 17.3 Å². The molecule has 3 N–H and O–H groups in total. The molecule has 0 radical (unpaired) electrons. The zero-order valence-electron chi connectivity index (χ0n) is 27.7. The van der Waals surface area contributed by atoms with Crippen molar-refractivity contribution in [3.8, 4) is 0 Å². The van der Waals surface area contributed by atoms with E-state index in [0.29, 0.717) is 64.3 Å². The first kappa shape index (κ1) is 40.4. The highest BCUT2D eigenvalue weighted by Crippen LogP contribution is 2.18. The molecule has 0 aliphatic heterocycles. The first-order valence-corrected chi connectivity index (χ1v) is 16.9. The zero-order valence-corrected chi connectivity index (χ0v) is 27.7. The summed E-state index contributed by atoms with van der Waals surface area (Å²) in [5.41, 5.74) is 0. The van der Waals surface area contributed by atoms with E-state index in [2.05, 4.69) is 16.0 Å². The highest BCUT2D eigenvalue weighted by molar-refractivity contribution is 5.86. The lowest BCUT2D eigenvalue weighted by molar-refractivity contribution is -0.129. The fourth-order valence-electron chi connectivity index (χ4n) is 4.96. The largest absolute Gasteiger partial charge is 0.359 e. The maximum atomic E-state index is 13.0. The number of carbonyl (C=O) groups excluding carboxylic acids is 6. The van der Waals surface area contributed by atoms with Crippen LogP contribution in [-0.2, 0) is 28.8 Å². The molecule has 0 heterocycles. The Morgan fingerprint density at radius 2 is 1.05 bits per heavy atom. The number of amides is 3. The number of rotatable bonds is 29. The number of ketones is 3. The molecule has 0 aliphatic rings. The van der Waals surface area contributed by atoms with Crippen molar-refractivity contribution in [1.29, 1.82) is 0 Å². The molecular weight excluding hydrogens is 546 g/mol. The summed E-state index contributed by atoms with van der Waals surface area (Å²) in [5.74, 6) is 0.190. The Labute approximate surface area is 260 Å². The van der Waals surface area contributed by atoms with Crippen LogP contribution in [0.25, 0.3) is 0 Å². The first-order chi connectivity index (χ1) is 20.6. The Bertz CT molecular complexity index is 827. The lowest BCUT2D eigenvalue weighted by Gasteiger charge is -2.16. The SMILES string of the molecule is CCC(=O)CCCCCNC(=O)[C@H](CCCCCC(=O)CCCCC(=O)NC)CC(=O)CCCCCCC(=O)NC(C)C. The van der Waals surface area contributed by atoms with Crippen molar-refractivity contribution in [2.75, 3.05) is 13.6 Å². The minimum Gasteiger partial charge on any atom is -0.359 e. The highest BCUT2D eigenvalue weighted by Gasteiger charge is 2.21. The molecule has 0 aromatic heterocycles. The maximum absolute atomic E-state index is 13.0. The van der Waals surface area contributed by atoms with Gasteiger partial charge in [0.2, 0.25) is 17.7 Å². The van der Waals surface area contributed by atoms with E-state index >= 15 is 0 Å². The van der Waals surface area contributed by atoms with E-state index < -0.39 is 0 Å². The van der Waals surface area contributed by atoms with Gasteiger partial charge in [0.15, 0.2) is 0 Å². The van der Waals surface area contributed by atoms with Crippen molar-refractivity contribution < 1.29 is 28.8 Å². The molecule has 0 aromatic rings. The van der Waals surface area contributed by atoms with Crippen molar-refractivity contribution in [2.24, 2.45) is 5.92 Å². The summed E-state index contributed by atoms with van der Waals surface area (Å²) in [6.45, 7) is 6.30. The van der Waals surface area contributed by atoms with Crippen LogP contribution >= 0.6 is 0 Å². The van der Waals surface area contributed by atoms with Crippen LogP contribution in [0.15, 0.2) is 0 Å². The Hall–Kier alpha value is -2.58. The minimum atomic E-state index is -0.366. The van der Waals surface area contributed by atoms with Crippen LogP contribution < -0.4 is 16.0 Å². The zero-order chi connectivity index (χ0) is 32.3. The van der Waals surface area contributed by atoms with E-state index in [1.54, 1.807) is 7.05 Å². The van der Waals surface area contributed by atoms with Crippen LogP contribution in [0.4, 0.5) is 0 Å². The van der Waals surface area contributed by atoms with Gasteiger partial charge in [-0.05, 0) is 65.2 Å². The van der Waals surface area contributed by atoms with Crippen LogP contribution in [0.1, 0.15) is 156 Å².